The number of rotatable bonds is 4. The van der Waals surface area contributed by atoms with Crippen LogP contribution in [0.2, 0.25) is 0 Å². The van der Waals surface area contributed by atoms with E-state index < -0.39 is 11.2 Å². The van der Waals surface area contributed by atoms with Crippen molar-refractivity contribution < 1.29 is 4.55 Å². The number of hydrogen-bond donors (Lipinski definition) is 0. The molecule has 1 aromatic rings. The highest BCUT2D eigenvalue weighted by atomic mass is 32.2. The van der Waals surface area contributed by atoms with Crippen LogP contribution >= 0.6 is 0 Å². The first-order valence-electron chi connectivity index (χ1n) is 4.55. The Labute approximate surface area is 83.4 Å². The second kappa shape index (κ2) is 5.30. The van der Waals surface area contributed by atoms with Crippen LogP contribution in [0.1, 0.15) is 18.9 Å². The number of benzene rings is 1. The second-order valence-corrected chi connectivity index (χ2v) is 4.55. The van der Waals surface area contributed by atoms with Crippen LogP contribution in [0.5, 0.6) is 0 Å². The maximum absolute atomic E-state index is 11.6. The van der Waals surface area contributed by atoms with E-state index in [4.69, 9.17) is 0 Å². The Bertz CT molecular complexity index is 260. The molecule has 0 bridgehead atoms. The van der Waals surface area contributed by atoms with Crippen molar-refractivity contribution in [3.05, 3.63) is 36.8 Å². The Morgan fingerprint density at radius 1 is 1.38 bits per heavy atom. The van der Waals surface area contributed by atoms with Crippen LogP contribution in [0.4, 0.5) is 0 Å². The van der Waals surface area contributed by atoms with Gasteiger partial charge in [0.05, 0.1) is 0 Å². The van der Waals surface area contributed by atoms with Crippen molar-refractivity contribution in [1.82, 2.24) is 0 Å². The Kier molecular flexibility index (Phi) is 4.33. The lowest BCUT2D eigenvalue weighted by Crippen LogP contribution is -2.07. The minimum Gasteiger partial charge on any atom is -0.611 e. The minimum absolute atomic E-state index is 0.689. The van der Waals surface area contributed by atoms with Crippen molar-refractivity contribution in [3.8, 4) is 0 Å². The SMILES string of the molecule is [CH2]CCc1ccccc1[S+]([O-])CC. The molecule has 1 unspecified atom stereocenters. The highest BCUT2D eigenvalue weighted by molar-refractivity contribution is 7.91. The van der Waals surface area contributed by atoms with Crippen molar-refractivity contribution in [2.75, 3.05) is 5.75 Å². The van der Waals surface area contributed by atoms with E-state index >= 15 is 0 Å². The van der Waals surface area contributed by atoms with Gasteiger partial charge in [-0.2, -0.15) is 0 Å². The first-order valence-corrected chi connectivity index (χ1v) is 5.87. The molecule has 13 heavy (non-hydrogen) atoms. The molecule has 71 valence electrons. The lowest BCUT2D eigenvalue weighted by Gasteiger charge is -2.11. The topological polar surface area (TPSA) is 23.1 Å². The van der Waals surface area contributed by atoms with Crippen molar-refractivity contribution in [2.45, 2.75) is 24.7 Å². The molecule has 0 aromatic heterocycles. The Morgan fingerprint density at radius 3 is 2.69 bits per heavy atom. The van der Waals surface area contributed by atoms with Gasteiger partial charge in [-0.15, -0.1) is 0 Å². The molecule has 0 aliphatic heterocycles. The first kappa shape index (κ1) is 10.6. The molecule has 0 heterocycles. The molecule has 0 saturated carbocycles. The van der Waals surface area contributed by atoms with E-state index in [1.807, 2.05) is 31.2 Å². The van der Waals surface area contributed by atoms with Crippen LogP contribution in [0.15, 0.2) is 29.2 Å². The predicted octanol–water partition coefficient (Wildman–Crippen LogP) is 2.58. The van der Waals surface area contributed by atoms with E-state index in [1.54, 1.807) is 0 Å². The zero-order valence-corrected chi connectivity index (χ0v) is 8.77. The Hall–Kier alpha value is -0.470. The third kappa shape index (κ3) is 2.75. The quantitative estimate of drug-likeness (QED) is 0.677. The fraction of sp³-hybridized carbons (Fsp3) is 0.364. The molecule has 0 fully saturated rings. The number of aryl methyl sites for hydroxylation is 1. The molecule has 1 aromatic carbocycles. The molecule has 0 spiro atoms. The Morgan fingerprint density at radius 2 is 2.08 bits per heavy atom. The minimum atomic E-state index is -0.831. The van der Waals surface area contributed by atoms with E-state index in [1.165, 1.54) is 5.56 Å². The summed E-state index contributed by atoms with van der Waals surface area (Å²) in [6.07, 6.45) is 1.78. The van der Waals surface area contributed by atoms with Crippen LogP contribution in [0.3, 0.4) is 0 Å². The maximum atomic E-state index is 11.6. The summed E-state index contributed by atoms with van der Waals surface area (Å²) < 4.78 is 11.6. The second-order valence-electron chi connectivity index (χ2n) is 2.85. The summed E-state index contributed by atoms with van der Waals surface area (Å²) in [4.78, 5) is 0.980. The van der Waals surface area contributed by atoms with Gasteiger partial charge in [0.15, 0.2) is 4.90 Å². The molecule has 1 nitrogen and oxygen atoms in total. The largest absolute Gasteiger partial charge is 0.611 e. The lowest BCUT2D eigenvalue weighted by molar-refractivity contribution is 0.595. The monoisotopic (exact) mass is 195 g/mol. The summed E-state index contributed by atoms with van der Waals surface area (Å²) in [6.45, 7) is 5.75. The van der Waals surface area contributed by atoms with Gasteiger partial charge in [-0.25, -0.2) is 0 Å². The maximum Gasteiger partial charge on any atom is 0.155 e. The van der Waals surface area contributed by atoms with Gasteiger partial charge in [0.25, 0.3) is 0 Å². The molecular weight excluding hydrogens is 180 g/mol. The van der Waals surface area contributed by atoms with Gasteiger partial charge in [-0.1, -0.05) is 25.1 Å². The van der Waals surface area contributed by atoms with Gasteiger partial charge in [0.1, 0.15) is 5.75 Å². The van der Waals surface area contributed by atoms with Gasteiger partial charge < -0.3 is 4.55 Å². The predicted molar refractivity (Wildman–Crippen MR) is 57.1 cm³/mol. The molecule has 1 rings (SSSR count). The van der Waals surface area contributed by atoms with Crippen molar-refractivity contribution in [1.29, 1.82) is 0 Å². The van der Waals surface area contributed by atoms with E-state index in [9.17, 15) is 4.55 Å². The molecular formula is C11H15OS. The third-order valence-corrected chi connectivity index (χ3v) is 3.34. The van der Waals surface area contributed by atoms with Gasteiger partial charge in [0, 0.05) is 5.56 Å². The van der Waals surface area contributed by atoms with Gasteiger partial charge in [-0.3, -0.25) is 0 Å². The van der Waals surface area contributed by atoms with Crippen LogP contribution in [-0.4, -0.2) is 10.3 Å². The van der Waals surface area contributed by atoms with Crippen LogP contribution in [0.25, 0.3) is 0 Å². The molecule has 2 heteroatoms. The average molecular weight is 195 g/mol. The summed E-state index contributed by atoms with van der Waals surface area (Å²) in [5.74, 6) is 0.689. The fourth-order valence-corrected chi connectivity index (χ4v) is 2.28. The molecule has 0 aliphatic carbocycles. The molecule has 1 radical (unpaired) electrons. The summed E-state index contributed by atoms with van der Waals surface area (Å²) in [7, 11) is 0. The number of hydrogen-bond acceptors (Lipinski definition) is 1. The molecule has 0 aliphatic rings. The molecule has 0 saturated heterocycles. The van der Waals surface area contributed by atoms with E-state index in [0.717, 1.165) is 17.7 Å². The Balaban J connectivity index is 2.90. The summed E-state index contributed by atoms with van der Waals surface area (Å²) in [6, 6.07) is 7.91. The molecule has 1 atom stereocenters. The highest BCUT2D eigenvalue weighted by Gasteiger charge is 2.11. The zero-order chi connectivity index (χ0) is 9.68. The van der Waals surface area contributed by atoms with Crippen molar-refractivity contribution in [2.24, 2.45) is 0 Å². The fourth-order valence-electron chi connectivity index (χ4n) is 1.28. The van der Waals surface area contributed by atoms with E-state index in [0.29, 0.717) is 5.75 Å². The first-order chi connectivity index (χ1) is 6.29. The van der Waals surface area contributed by atoms with Gasteiger partial charge in [0.2, 0.25) is 0 Å². The van der Waals surface area contributed by atoms with Crippen LogP contribution < -0.4 is 0 Å². The van der Waals surface area contributed by atoms with E-state index in [-0.39, 0.29) is 0 Å². The summed E-state index contributed by atoms with van der Waals surface area (Å²) >= 11 is -0.831. The van der Waals surface area contributed by atoms with Crippen molar-refractivity contribution >= 4 is 11.2 Å². The van der Waals surface area contributed by atoms with Crippen LogP contribution in [0, 0.1) is 6.92 Å². The molecule has 0 amide bonds. The highest BCUT2D eigenvalue weighted by Crippen LogP contribution is 2.18. The third-order valence-electron chi connectivity index (χ3n) is 1.93. The molecule has 0 N–H and O–H groups in total. The lowest BCUT2D eigenvalue weighted by atomic mass is 10.1. The van der Waals surface area contributed by atoms with Crippen molar-refractivity contribution in [3.63, 3.8) is 0 Å². The summed E-state index contributed by atoms with van der Waals surface area (Å²) in [5.41, 5.74) is 1.18. The standard InChI is InChI=1S/C11H15OS/c1-3-7-10-8-5-6-9-11(10)13(12)4-2/h5-6,8-9H,1,3-4,7H2,2H3. The summed E-state index contributed by atoms with van der Waals surface area (Å²) in [5, 5.41) is 0. The van der Waals surface area contributed by atoms with Gasteiger partial charge >= 0.3 is 0 Å². The normalized spacial score (nSPS) is 12.8. The smallest absolute Gasteiger partial charge is 0.155 e. The van der Waals surface area contributed by atoms with E-state index in [2.05, 4.69) is 6.92 Å². The van der Waals surface area contributed by atoms with Crippen LogP contribution in [-0.2, 0) is 17.6 Å². The zero-order valence-electron chi connectivity index (χ0n) is 7.95. The van der Waals surface area contributed by atoms with Gasteiger partial charge in [-0.05, 0) is 37.0 Å². The average Bonchev–Trinajstić information content (AvgIpc) is 2.18.